The summed E-state index contributed by atoms with van der Waals surface area (Å²) in [5, 5.41) is 20.0. The van der Waals surface area contributed by atoms with Crippen LogP contribution < -0.4 is 34.7 Å². The molecule has 0 aliphatic heterocycles. The molecule has 0 aromatic rings. The van der Waals surface area contributed by atoms with Crippen molar-refractivity contribution in [2.24, 2.45) is 0 Å². The van der Waals surface area contributed by atoms with Crippen LogP contribution in [0.5, 0.6) is 0 Å². The van der Waals surface area contributed by atoms with Gasteiger partial charge < -0.3 is 15.0 Å². The average molecular weight is 320 g/mol. The molecule has 0 spiro atoms. The van der Waals surface area contributed by atoms with Crippen LogP contribution >= 0.6 is 0 Å². The average Bonchev–Trinajstić information content (AvgIpc) is 2.45. The van der Waals surface area contributed by atoms with Gasteiger partial charge in [0.1, 0.15) is 0 Å². The monoisotopic (exact) mass is 320 g/mol. The number of carboxylic acids is 1. The molecule has 0 aliphatic carbocycles. The van der Waals surface area contributed by atoms with E-state index in [1.165, 1.54) is 19.3 Å². The molecule has 4 heteroatoms. The van der Waals surface area contributed by atoms with Gasteiger partial charge in [-0.3, -0.25) is 0 Å². The molecule has 22 heavy (non-hydrogen) atoms. The Morgan fingerprint density at radius 3 is 2.32 bits per heavy atom. The number of aliphatic carboxylic acids is 1. The third kappa shape index (κ3) is 20.2. The molecule has 1 N–H and O–H groups in total. The normalized spacial score (nSPS) is 12.3. The topological polar surface area (TPSA) is 60.4 Å². The van der Waals surface area contributed by atoms with Gasteiger partial charge in [0.25, 0.3) is 0 Å². The van der Waals surface area contributed by atoms with E-state index >= 15 is 0 Å². The number of unbranched alkanes of at least 4 members (excludes halogenated alkanes) is 8. The predicted molar refractivity (Wildman–Crippen MR) is 85.8 cm³/mol. The molecular formula is C18H33NaO3. The van der Waals surface area contributed by atoms with E-state index in [4.69, 9.17) is 0 Å². The van der Waals surface area contributed by atoms with Gasteiger partial charge in [0, 0.05) is 5.97 Å². The second kappa shape index (κ2) is 19.2. The number of hydrogen-bond donors (Lipinski definition) is 1. The van der Waals surface area contributed by atoms with Crippen LogP contribution in [-0.4, -0.2) is 17.2 Å². The van der Waals surface area contributed by atoms with Crippen molar-refractivity contribution in [3.63, 3.8) is 0 Å². The van der Waals surface area contributed by atoms with Crippen molar-refractivity contribution >= 4 is 5.97 Å². The molecule has 124 valence electrons. The Kier molecular flexibility index (Phi) is 21.3. The molecule has 1 atom stereocenters. The second-order valence-corrected chi connectivity index (χ2v) is 5.89. The maximum absolute atomic E-state index is 10.2. The second-order valence-electron chi connectivity index (χ2n) is 5.89. The van der Waals surface area contributed by atoms with Gasteiger partial charge in [-0.1, -0.05) is 64.0 Å². The van der Waals surface area contributed by atoms with E-state index in [2.05, 4.69) is 19.1 Å². The number of carbonyl (C=O) groups excluding carboxylic acids is 1. The summed E-state index contributed by atoms with van der Waals surface area (Å²) in [6.07, 6.45) is 17.0. The fraction of sp³-hybridized carbons (Fsp3) is 0.833. The standard InChI is InChI=1S/C18H34O3.Na/c1-2-3-4-11-14-17(19)15-12-9-7-5-6-8-10-13-16-18(20)21;/h9,12,17,19H,2-8,10-11,13-16H2,1H3,(H,20,21);/q;+1/p-1/b12-9-;. The van der Waals surface area contributed by atoms with E-state index < -0.39 is 5.97 Å². The maximum Gasteiger partial charge on any atom is 1.00 e. The third-order valence-electron chi connectivity index (χ3n) is 3.72. The van der Waals surface area contributed by atoms with Crippen molar-refractivity contribution in [1.29, 1.82) is 0 Å². The van der Waals surface area contributed by atoms with Gasteiger partial charge in [0.2, 0.25) is 0 Å². The molecule has 0 aromatic heterocycles. The Morgan fingerprint density at radius 1 is 1.00 bits per heavy atom. The van der Waals surface area contributed by atoms with Gasteiger partial charge in [0.05, 0.1) is 6.10 Å². The van der Waals surface area contributed by atoms with E-state index in [-0.39, 0.29) is 42.1 Å². The van der Waals surface area contributed by atoms with E-state index in [1.807, 2.05) is 0 Å². The zero-order valence-electron chi connectivity index (χ0n) is 14.7. The van der Waals surface area contributed by atoms with Crippen molar-refractivity contribution in [2.75, 3.05) is 0 Å². The summed E-state index contributed by atoms with van der Waals surface area (Å²) in [5.41, 5.74) is 0. The van der Waals surface area contributed by atoms with Gasteiger partial charge >= 0.3 is 29.6 Å². The van der Waals surface area contributed by atoms with Crippen molar-refractivity contribution < 1.29 is 44.6 Å². The van der Waals surface area contributed by atoms with Crippen LogP contribution in [0.3, 0.4) is 0 Å². The zero-order chi connectivity index (χ0) is 15.8. The number of rotatable bonds is 15. The van der Waals surface area contributed by atoms with E-state index in [9.17, 15) is 15.0 Å². The fourth-order valence-corrected chi connectivity index (χ4v) is 2.36. The van der Waals surface area contributed by atoms with Crippen LogP contribution in [0.1, 0.15) is 90.4 Å². The first-order valence-electron chi connectivity index (χ1n) is 8.69. The number of allylic oxidation sites excluding steroid dienone is 1. The first-order valence-corrected chi connectivity index (χ1v) is 8.69. The molecule has 0 amide bonds. The molecule has 0 saturated heterocycles. The SMILES string of the molecule is CCCCCCC(O)C/C=C\CCCCCCCC(=O)[O-].[Na+]. The van der Waals surface area contributed by atoms with Gasteiger partial charge in [-0.05, 0) is 38.5 Å². The summed E-state index contributed by atoms with van der Waals surface area (Å²) in [5.74, 6) is -0.939. The Bertz CT molecular complexity index is 267. The fourth-order valence-electron chi connectivity index (χ4n) is 2.36. The van der Waals surface area contributed by atoms with Crippen LogP contribution in [-0.2, 0) is 4.79 Å². The van der Waals surface area contributed by atoms with Crippen LogP contribution in [0.4, 0.5) is 0 Å². The smallest absolute Gasteiger partial charge is 0.550 e. The van der Waals surface area contributed by atoms with E-state index in [0.29, 0.717) is 0 Å². The molecular weight excluding hydrogens is 287 g/mol. The summed E-state index contributed by atoms with van der Waals surface area (Å²) in [6, 6.07) is 0. The first kappa shape index (κ1) is 24.4. The molecule has 0 aliphatic rings. The molecule has 0 radical (unpaired) electrons. The van der Waals surface area contributed by atoms with Gasteiger partial charge in [0.15, 0.2) is 0 Å². The van der Waals surface area contributed by atoms with Gasteiger partial charge in [-0.15, -0.1) is 0 Å². The minimum atomic E-state index is -0.939. The molecule has 0 rings (SSSR count). The molecule has 0 bridgehead atoms. The number of aliphatic hydroxyl groups excluding tert-OH is 1. The summed E-state index contributed by atoms with van der Waals surface area (Å²) in [4.78, 5) is 10.2. The Morgan fingerprint density at radius 2 is 1.64 bits per heavy atom. The van der Waals surface area contributed by atoms with Crippen molar-refractivity contribution in [3.8, 4) is 0 Å². The van der Waals surface area contributed by atoms with E-state index in [1.54, 1.807) is 0 Å². The number of hydrogen-bond acceptors (Lipinski definition) is 3. The third-order valence-corrected chi connectivity index (χ3v) is 3.72. The minimum Gasteiger partial charge on any atom is -0.550 e. The molecule has 0 heterocycles. The molecule has 3 nitrogen and oxygen atoms in total. The number of aliphatic hydroxyl groups is 1. The van der Waals surface area contributed by atoms with Crippen molar-refractivity contribution in [3.05, 3.63) is 12.2 Å². The van der Waals surface area contributed by atoms with Crippen molar-refractivity contribution in [2.45, 2.75) is 96.5 Å². The quantitative estimate of drug-likeness (QED) is 0.275. The molecule has 1 unspecified atom stereocenters. The van der Waals surface area contributed by atoms with Gasteiger partial charge in [-0.2, -0.15) is 0 Å². The van der Waals surface area contributed by atoms with Crippen LogP contribution in [0, 0.1) is 0 Å². The first-order chi connectivity index (χ1) is 10.2. The predicted octanol–water partition coefficient (Wildman–Crippen LogP) is 0.749. The molecule has 0 aromatic carbocycles. The number of carboxylic acid groups (broad SMARTS) is 1. The summed E-state index contributed by atoms with van der Waals surface area (Å²) in [6.45, 7) is 2.20. The number of carbonyl (C=O) groups is 1. The molecule has 0 fully saturated rings. The maximum atomic E-state index is 10.2. The van der Waals surface area contributed by atoms with E-state index in [0.717, 1.165) is 57.8 Å². The van der Waals surface area contributed by atoms with Gasteiger partial charge in [-0.25, -0.2) is 0 Å². The van der Waals surface area contributed by atoms with Crippen molar-refractivity contribution in [1.82, 2.24) is 0 Å². The summed E-state index contributed by atoms with van der Waals surface area (Å²) < 4.78 is 0. The minimum absolute atomic E-state index is 0. The van der Waals surface area contributed by atoms with Crippen LogP contribution in [0.2, 0.25) is 0 Å². The zero-order valence-corrected chi connectivity index (χ0v) is 16.7. The summed E-state index contributed by atoms with van der Waals surface area (Å²) >= 11 is 0. The largest absolute Gasteiger partial charge is 1.00 e. The Balaban J connectivity index is 0. The Hall–Kier alpha value is 0.170. The Labute approximate surface area is 158 Å². The van der Waals surface area contributed by atoms with Crippen LogP contribution in [0.15, 0.2) is 12.2 Å². The van der Waals surface area contributed by atoms with Crippen LogP contribution in [0.25, 0.3) is 0 Å². The molecule has 0 saturated carbocycles. The summed E-state index contributed by atoms with van der Waals surface area (Å²) in [7, 11) is 0.